The van der Waals surface area contributed by atoms with Crippen LogP contribution in [-0.4, -0.2) is 32.3 Å². The number of rotatable bonds is 3. The van der Waals surface area contributed by atoms with Crippen molar-refractivity contribution >= 4 is 5.69 Å². The first kappa shape index (κ1) is 13.3. The van der Waals surface area contributed by atoms with E-state index in [4.69, 9.17) is 4.74 Å². The highest BCUT2D eigenvalue weighted by atomic mass is 19.1. The molecule has 2 atom stereocenters. The predicted molar refractivity (Wildman–Crippen MR) is 71.4 cm³/mol. The molecule has 1 aromatic rings. The van der Waals surface area contributed by atoms with Gasteiger partial charge in [-0.25, -0.2) is 4.39 Å². The maximum absolute atomic E-state index is 13.9. The summed E-state index contributed by atoms with van der Waals surface area (Å²) >= 11 is 0. The third kappa shape index (κ3) is 2.82. The lowest BCUT2D eigenvalue weighted by Gasteiger charge is -2.37. The Bertz CT molecular complexity index is 401. The van der Waals surface area contributed by atoms with Gasteiger partial charge in [-0.1, -0.05) is 6.07 Å². The molecule has 2 rings (SSSR count). The molecule has 0 radical (unpaired) electrons. The maximum atomic E-state index is 13.9. The Hall–Kier alpha value is -1.13. The van der Waals surface area contributed by atoms with Crippen molar-refractivity contribution in [2.75, 3.05) is 25.0 Å². The Labute approximate surface area is 108 Å². The number of benzene rings is 1. The van der Waals surface area contributed by atoms with E-state index >= 15 is 0 Å². The molecule has 1 heterocycles. The topological polar surface area (TPSA) is 24.5 Å². The number of anilines is 1. The zero-order chi connectivity index (χ0) is 13.1. The average molecular weight is 252 g/mol. The highest BCUT2D eigenvalue weighted by molar-refractivity contribution is 5.54. The molecule has 18 heavy (non-hydrogen) atoms. The van der Waals surface area contributed by atoms with Gasteiger partial charge in [0.2, 0.25) is 0 Å². The van der Waals surface area contributed by atoms with Crippen LogP contribution >= 0.6 is 0 Å². The number of ether oxygens (including phenoxy) is 1. The second-order valence-electron chi connectivity index (χ2n) is 4.93. The Kier molecular flexibility index (Phi) is 4.19. The van der Waals surface area contributed by atoms with Crippen molar-refractivity contribution in [2.24, 2.45) is 0 Å². The number of morpholine rings is 1. The van der Waals surface area contributed by atoms with E-state index in [2.05, 4.69) is 24.1 Å². The third-order valence-electron chi connectivity index (χ3n) is 3.21. The van der Waals surface area contributed by atoms with Crippen LogP contribution in [0.3, 0.4) is 0 Å². The highest BCUT2D eigenvalue weighted by Crippen LogP contribution is 2.26. The van der Waals surface area contributed by atoms with E-state index in [0.717, 1.165) is 24.3 Å². The molecule has 3 nitrogen and oxygen atoms in total. The van der Waals surface area contributed by atoms with Gasteiger partial charge >= 0.3 is 0 Å². The molecule has 0 amide bonds. The van der Waals surface area contributed by atoms with Gasteiger partial charge in [0.25, 0.3) is 0 Å². The van der Waals surface area contributed by atoms with Gasteiger partial charge in [0, 0.05) is 30.9 Å². The van der Waals surface area contributed by atoms with Gasteiger partial charge in [-0.05, 0) is 33.0 Å². The van der Waals surface area contributed by atoms with Crippen LogP contribution < -0.4 is 10.2 Å². The minimum absolute atomic E-state index is 0.145. The van der Waals surface area contributed by atoms with Crippen LogP contribution in [0.25, 0.3) is 0 Å². The molecule has 0 saturated carbocycles. The summed E-state index contributed by atoms with van der Waals surface area (Å²) in [6.07, 6.45) is 0.360. The largest absolute Gasteiger partial charge is 0.372 e. The third-order valence-corrected chi connectivity index (χ3v) is 3.21. The van der Waals surface area contributed by atoms with Crippen LogP contribution in [0.5, 0.6) is 0 Å². The molecule has 1 aromatic carbocycles. The lowest BCUT2D eigenvalue weighted by Crippen LogP contribution is -2.46. The molecule has 1 fully saturated rings. The van der Waals surface area contributed by atoms with Gasteiger partial charge in [-0.15, -0.1) is 0 Å². The Balaban J connectivity index is 2.29. The van der Waals surface area contributed by atoms with Gasteiger partial charge < -0.3 is 15.0 Å². The molecule has 0 aliphatic carbocycles. The van der Waals surface area contributed by atoms with Gasteiger partial charge in [0.1, 0.15) is 5.82 Å². The fourth-order valence-corrected chi connectivity index (χ4v) is 2.57. The van der Waals surface area contributed by atoms with E-state index in [-0.39, 0.29) is 18.0 Å². The van der Waals surface area contributed by atoms with E-state index in [1.54, 1.807) is 6.07 Å². The second-order valence-corrected chi connectivity index (χ2v) is 4.93. The molecule has 1 N–H and O–H groups in total. The van der Waals surface area contributed by atoms with Crippen molar-refractivity contribution in [3.63, 3.8) is 0 Å². The monoisotopic (exact) mass is 252 g/mol. The summed E-state index contributed by atoms with van der Waals surface area (Å²) in [6, 6.07) is 5.28. The second kappa shape index (κ2) is 5.67. The van der Waals surface area contributed by atoms with E-state index in [0.29, 0.717) is 6.54 Å². The molecule has 0 unspecified atom stereocenters. The summed E-state index contributed by atoms with van der Waals surface area (Å²) < 4.78 is 19.6. The van der Waals surface area contributed by atoms with Crippen LogP contribution in [0, 0.1) is 5.82 Å². The molecule has 1 aliphatic heterocycles. The van der Waals surface area contributed by atoms with Gasteiger partial charge in [0.15, 0.2) is 0 Å². The highest BCUT2D eigenvalue weighted by Gasteiger charge is 2.24. The normalized spacial score (nSPS) is 24.3. The van der Waals surface area contributed by atoms with Crippen molar-refractivity contribution in [1.82, 2.24) is 5.32 Å². The number of nitrogens with one attached hydrogen (secondary N) is 1. The van der Waals surface area contributed by atoms with Crippen LogP contribution in [0.2, 0.25) is 0 Å². The molecule has 0 aromatic heterocycles. The minimum atomic E-state index is -0.145. The fraction of sp³-hybridized carbons (Fsp3) is 0.571. The van der Waals surface area contributed by atoms with Crippen molar-refractivity contribution in [3.8, 4) is 0 Å². The van der Waals surface area contributed by atoms with Gasteiger partial charge in [-0.3, -0.25) is 0 Å². The van der Waals surface area contributed by atoms with Crippen LogP contribution in [0.1, 0.15) is 19.4 Å². The number of hydrogen-bond acceptors (Lipinski definition) is 3. The first-order valence-electron chi connectivity index (χ1n) is 6.44. The molecule has 4 heteroatoms. The molecule has 0 spiro atoms. The predicted octanol–water partition coefficient (Wildman–Crippen LogP) is 2.16. The minimum Gasteiger partial charge on any atom is -0.372 e. The SMILES string of the molecule is CNCc1c(F)cccc1N1C[C@@H](C)O[C@@H](C)C1. The summed E-state index contributed by atoms with van der Waals surface area (Å²) in [5.74, 6) is -0.145. The van der Waals surface area contributed by atoms with Crippen molar-refractivity contribution in [3.05, 3.63) is 29.6 Å². The molecule has 0 bridgehead atoms. The summed E-state index contributed by atoms with van der Waals surface area (Å²) in [5, 5.41) is 3.03. The summed E-state index contributed by atoms with van der Waals surface area (Å²) in [4.78, 5) is 2.22. The number of hydrogen-bond donors (Lipinski definition) is 1. The van der Waals surface area contributed by atoms with E-state index in [1.807, 2.05) is 13.1 Å². The smallest absolute Gasteiger partial charge is 0.129 e. The quantitative estimate of drug-likeness (QED) is 0.892. The molecule has 1 aliphatic rings. The van der Waals surface area contributed by atoms with Crippen molar-refractivity contribution in [1.29, 1.82) is 0 Å². The summed E-state index contributed by atoms with van der Waals surface area (Å²) in [5.41, 5.74) is 1.72. The lowest BCUT2D eigenvalue weighted by atomic mass is 10.1. The number of halogens is 1. The number of nitrogens with zero attached hydrogens (tertiary/aromatic N) is 1. The van der Waals surface area contributed by atoms with Crippen LogP contribution in [-0.2, 0) is 11.3 Å². The molecular weight excluding hydrogens is 231 g/mol. The standard InChI is InChI=1S/C14H21FN2O/c1-10-8-17(9-11(2)18-10)14-6-4-5-13(15)12(14)7-16-3/h4-6,10-11,16H,7-9H2,1-3H3/t10-,11+. The Morgan fingerprint density at radius 3 is 2.61 bits per heavy atom. The van der Waals surface area contributed by atoms with E-state index in [1.165, 1.54) is 6.07 Å². The first-order chi connectivity index (χ1) is 8.61. The maximum Gasteiger partial charge on any atom is 0.129 e. The summed E-state index contributed by atoms with van der Waals surface area (Å²) in [6.45, 7) is 6.27. The Morgan fingerprint density at radius 1 is 1.33 bits per heavy atom. The van der Waals surface area contributed by atoms with Crippen molar-refractivity contribution < 1.29 is 9.13 Å². The van der Waals surface area contributed by atoms with E-state index in [9.17, 15) is 4.39 Å². The van der Waals surface area contributed by atoms with Gasteiger partial charge in [0.05, 0.1) is 12.2 Å². The molecular formula is C14H21FN2O. The molecule has 1 saturated heterocycles. The van der Waals surface area contributed by atoms with E-state index < -0.39 is 0 Å². The van der Waals surface area contributed by atoms with Gasteiger partial charge in [-0.2, -0.15) is 0 Å². The lowest BCUT2D eigenvalue weighted by molar-refractivity contribution is -0.00528. The zero-order valence-electron chi connectivity index (χ0n) is 11.2. The first-order valence-corrected chi connectivity index (χ1v) is 6.44. The van der Waals surface area contributed by atoms with Crippen LogP contribution in [0.4, 0.5) is 10.1 Å². The summed E-state index contributed by atoms with van der Waals surface area (Å²) in [7, 11) is 1.83. The van der Waals surface area contributed by atoms with Crippen LogP contribution in [0.15, 0.2) is 18.2 Å². The Morgan fingerprint density at radius 2 is 2.00 bits per heavy atom. The fourth-order valence-electron chi connectivity index (χ4n) is 2.57. The van der Waals surface area contributed by atoms with Crippen molar-refractivity contribution in [2.45, 2.75) is 32.6 Å². The molecule has 100 valence electrons. The average Bonchev–Trinajstić information content (AvgIpc) is 2.30. The zero-order valence-corrected chi connectivity index (χ0v) is 11.2.